The number of hydrogen-bond donors (Lipinski definition) is 0. The SMILES string of the molecule is CCN(CC1CC1)c1c(C=O)c(C)nn1-c1ccccc1. The molecule has 1 saturated carbocycles. The Kier molecular flexibility index (Phi) is 3.78. The Labute approximate surface area is 125 Å². The summed E-state index contributed by atoms with van der Waals surface area (Å²) in [6.45, 7) is 5.93. The number of carbonyl (C=O) groups excluding carboxylic acids is 1. The van der Waals surface area contributed by atoms with Crippen molar-refractivity contribution in [3.63, 3.8) is 0 Å². The molecule has 110 valence electrons. The maximum Gasteiger partial charge on any atom is 0.155 e. The van der Waals surface area contributed by atoms with Gasteiger partial charge in [-0.05, 0) is 44.7 Å². The molecule has 21 heavy (non-hydrogen) atoms. The molecule has 1 aromatic heterocycles. The van der Waals surface area contributed by atoms with Gasteiger partial charge < -0.3 is 4.90 Å². The van der Waals surface area contributed by atoms with Crippen molar-refractivity contribution >= 4 is 12.1 Å². The molecule has 0 spiro atoms. The molecule has 1 fully saturated rings. The number of carbonyl (C=O) groups is 1. The van der Waals surface area contributed by atoms with Crippen LogP contribution in [-0.4, -0.2) is 29.2 Å². The zero-order valence-electron chi connectivity index (χ0n) is 12.6. The molecule has 3 rings (SSSR count). The van der Waals surface area contributed by atoms with Gasteiger partial charge in [-0.1, -0.05) is 18.2 Å². The van der Waals surface area contributed by atoms with Crippen LogP contribution in [0.2, 0.25) is 0 Å². The van der Waals surface area contributed by atoms with Crippen LogP contribution >= 0.6 is 0 Å². The van der Waals surface area contributed by atoms with Gasteiger partial charge in [-0.2, -0.15) is 5.10 Å². The van der Waals surface area contributed by atoms with E-state index in [0.717, 1.165) is 42.5 Å². The van der Waals surface area contributed by atoms with Crippen molar-refractivity contribution in [3.05, 3.63) is 41.6 Å². The number of aldehydes is 1. The first-order valence-corrected chi connectivity index (χ1v) is 7.59. The lowest BCUT2D eigenvalue weighted by Gasteiger charge is -2.24. The molecule has 1 aliphatic rings. The molecule has 0 radical (unpaired) electrons. The minimum absolute atomic E-state index is 0.710. The average Bonchev–Trinajstić information content (AvgIpc) is 3.27. The van der Waals surface area contributed by atoms with Crippen molar-refractivity contribution in [1.29, 1.82) is 0 Å². The van der Waals surface area contributed by atoms with Crippen LogP contribution in [0.3, 0.4) is 0 Å². The summed E-state index contributed by atoms with van der Waals surface area (Å²) in [6, 6.07) is 10.0. The van der Waals surface area contributed by atoms with Crippen LogP contribution in [0, 0.1) is 12.8 Å². The van der Waals surface area contributed by atoms with Crippen LogP contribution in [0.1, 0.15) is 35.8 Å². The molecule has 0 N–H and O–H groups in total. The number of anilines is 1. The predicted octanol–water partition coefficient (Wildman–Crippen LogP) is 3.23. The smallest absolute Gasteiger partial charge is 0.155 e. The Morgan fingerprint density at radius 3 is 2.62 bits per heavy atom. The fourth-order valence-corrected chi connectivity index (χ4v) is 2.70. The highest BCUT2D eigenvalue weighted by Crippen LogP contribution is 2.33. The largest absolute Gasteiger partial charge is 0.356 e. The van der Waals surface area contributed by atoms with Crippen molar-refractivity contribution in [2.45, 2.75) is 26.7 Å². The normalized spacial score (nSPS) is 14.2. The third-order valence-corrected chi connectivity index (χ3v) is 4.06. The van der Waals surface area contributed by atoms with E-state index in [2.05, 4.69) is 16.9 Å². The third kappa shape index (κ3) is 2.71. The van der Waals surface area contributed by atoms with Crippen molar-refractivity contribution in [1.82, 2.24) is 9.78 Å². The van der Waals surface area contributed by atoms with E-state index >= 15 is 0 Å². The predicted molar refractivity (Wildman–Crippen MR) is 84.3 cm³/mol. The topological polar surface area (TPSA) is 38.1 Å². The first kappa shape index (κ1) is 13.9. The van der Waals surface area contributed by atoms with E-state index in [1.165, 1.54) is 12.8 Å². The molecule has 1 aromatic carbocycles. The first-order chi connectivity index (χ1) is 10.2. The quantitative estimate of drug-likeness (QED) is 0.764. The molecular weight excluding hydrogens is 262 g/mol. The van der Waals surface area contributed by atoms with E-state index in [0.29, 0.717) is 5.56 Å². The summed E-state index contributed by atoms with van der Waals surface area (Å²) in [4.78, 5) is 13.8. The van der Waals surface area contributed by atoms with Gasteiger partial charge in [0.15, 0.2) is 6.29 Å². The van der Waals surface area contributed by atoms with E-state index in [1.807, 2.05) is 41.9 Å². The summed E-state index contributed by atoms with van der Waals surface area (Å²) in [7, 11) is 0. The highest BCUT2D eigenvalue weighted by atomic mass is 16.1. The van der Waals surface area contributed by atoms with E-state index in [1.54, 1.807) is 0 Å². The Bertz CT molecular complexity index is 629. The summed E-state index contributed by atoms with van der Waals surface area (Å²) in [5.74, 6) is 1.70. The number of nitrogens with zero attached hydrogens (tertiary/aromatic N) is 3. The van der Waals surface area contributed by atoms with E-state index in [-0.39, 0.29) is 0 Å². The molecule has 0 aliphatic heterocycles. The van der Waals surface area contributed by atoms with Crippen molar-refractivity contribution in [2.24, 2.45) is 5.92 Å². The van der Waals surface area contributed by atoms with Crippen LogP contribution in [-0.2, 0) is 0 Å². The van der Waals surface area contributed by atoms with Gasteiger partial charge in [-0.15, -0.1) is 0 Å². The fraction of sp³-hybridized carbons (Fsp3) is 0.412. The molecule has 0 unspecified atom stereocenters. The Morgan fingerprint density at radius 2 is 2.05 bits per heavy atom. The second-order valence-electron chi connectivity index (χ2n) is 5.67. The molecule has 0 amide bonds. The molecule has 4 heteroatoms. The van der Waals surface area contributed by atoms with Crippen LogP contribution in [0.25, 0.3) is 5.69 Å². The molecular formula is C17H21N3O. The monoisotopic (exact) mass is 283 g/mol. The molecule has 0 atom stereocenters. The minimum atomic E-state index is 0.710. The Balaban J connectivity index is 2.08. The van der Waals surface area contributed by atoms with Crippen LogP contribution < -0.4 is 4.90 Å². The first-order valence-electron chi connectivity index (χ1n) is 7.59. The number of rotatable bonds is 6. The Morgan fingerprint density at radius 1 is 1.33 bits per heavy atom. The lowest BCUT2D eigenvalue weighted by Crippen LogP contribution is -2.28. The lowest BCUT2D eigenvalue weighted by molar-refractivity contribution is 0.112. The van der Waals surface area contributed by atoms with Gasteiger partial charge >= 0.3 is 0 Å². The van der Waals surface area contributed by atoms with E-state index in [9.17, 15) is 4.79 Å². The van der Waals surface area contributed by atoms with Gasteiger partial charge in [0.2, 0.25) is 0 Å². The fourth-order valence-electron chi connectivity index (χ4n) is 2.70. The van der Waals surface area contributed by atoms with E-state index in [4.69, 9.17) is 0 Å². The highest BCUT2D eigenvalue weighted by Gasteiger charge is 2.27. The maximum atomic E-state index is 11.5. The summed E-state index contributed by atoms with van der Waals surface area (Å²) in [5.41, 5.74) is 2.50. The van der Waals surface area contributed by atoms with Crippen LogP contribution in [0.4, 0.5) is 5.82 Å². The third-order valence-electron chi connectivity index (χ3n) is 4.06. The summed E-state index contributed by atoms with van der Waals surface area (Å²) in [5, 5.41) is 4.59. The van der Waals surface area contributed by atoms with Gasteiger partial charge in [0.1, 0.15) is 5.82 Å². The minimum Gasteiger partial charge on any atom is -0.356 e. The molecule has 0 saturated heterocycles. The van der Waals surface area contributed by atoms with Gasteiger partial charge in [0.05, 0.1) is 16.9 Å². The second-order valence-corrected chi connectivity index (χ2v) is 5.67. The van der Waals surface area contributed by atoms with Crippen molar-refractivity contribution in [3.8, 4) is 5.69 Å². The maximum absolute atomic E-state index is 11.5. The van der Waals surface area contributed by atoms with Crippen molar-refractivity contribution in [2.75, 3.05) is 18.0 Å². The number of para-hydroxylation sites is 1. The van der Waals surface area contributed by atoms with Gasteiger partial charge in [0.25, 0.3) is 0 Å². The number of benzene rings is 1. The summed E-state index contributed by atoms with van der Waals surface area (Å²) in [6.07, 6.45) is 3.53. The number of hydrogen-bond acceptors (Lipinski definition) is 3. The number of aryl methyl sites for hydroxylation is 1. The highest BCUT2D eigenvalue weighted by molar-refractivity contribution is 5.85. The molecule has 1 aliphatic carbocycles. The van der Waals surface area contributed by atoms with E-state index < -0.39 is 0 Å². The molecule has 1 heterocycles. The summed E-state index contributed by atoms with van der Waals surface area (Å²) < 4.78 is 1.91. The summed E-state index contributed by atoms with van der Waals surface area (Å²) >= 11 is 0. The standard InChI is InChI=1S/C17H21N3O/c1-3-19(11-14-9-10-14)17-16(12-21)13(2)18-20(17)15-7-5-4-6-8-15/h4-8,12,14H,3,9-11H2,1-2H3. The van der Waals surface area contributed by atoms with Gasteiger partial charge in [-0.25, -0.2) is 4.68 Å². The zero-order chi connectivity index (χ0) is 14.8. The Hall–Kier alpha value is -2.10. The van der Waals surface area contributed by atoms with Gasteiger partial charge in [0, 0.05) is 13.1 Å². The second kappa shape index (κ2) is 5.72. The van der Waals surface area contributed by atoms with Gasteiger partial charge in [-0.3, -0.25) is 4.79 Å². The van der Waals surface area contributed by atoms with Crippen molar-refractivity contribution < 1.29 is 4.79 Å². The zero-order valence-corrected chi connectivity index (χ0v) is 12.6. The molecule has 0 bridgehead atoms. The number of aromatic nitrogens is 2. The molecule has 4 nitrogen and oxygen atoms in total. The van der Waals surface area contributed by atoms with Crippen LogP contribution in [0.15, 0.2) is 30.3 Å². The van der Waals surface area contributed by atoms with Crippen LogP contribution in [0.5, 0.6) is 0 Å². The lowest BCUT2D eigenvalue weighted by atomic mass is 10.2. The molecule has 2 aromatic rings. The average molecular weight is 283 g/mol.